The van der Waals surface area contributed by atoms with Gasteiger partial charge in [-0.05, 0) is 30.7 Å². The first-order chi connectivity index (χ1) is 9.21. The van der Waals surface area contributed by atoms with Crippen LogP contribution in [-0.2, 0) is 14.3 Å². The maximum absolute atomic E-state index is 11.4. The molecule has 0 N–H and O–H groups in total. The molecule has 0 heterocycles. The Kier molecular flexibility index (Phi) is 6.22. The van der Waals surface area contributed by atoms with Gasteiger partial charge in [0.25, 0.3) is 0 Å². The van der Waals surface area contributed by atoms with E-state index in [-0.39, 0.29) is 5.76 Å². The van der Waals surface area contributed by atoms with Gasteiger partial charge >= 0.3 is 5.97 Å². The first-order valence-corrected chi connectivity index (χ1v) is 5.94. The Hall–Kier alpha value is -2.23. The van der Waals surface area contributed by atoms with Crippen LogP contribution in [0, 0.1) is 0 Å². The zero-order valence-electron chi connectivity index (χ0n) is 11.4. The minimum atomic E-state index is -0.485. The number of carbonyl (C=O) groups excluding carboxylic acids is 1. The normalized spacial score (nSPS) is 11.4. The molecule has 0 spiro atoms. The van der Waals surface area contributed by atoms with Crippen LogP contribution < -0.4 is 4.74 Å². The fourth-order valence-corrected chi connectivity index (χ4v) is 1.39. The Balaban J connectivity index is 2.74. The molecule has 0 aromatic heterocycles. The van der Waals surface area contributed by atoms with Crippen molar-refractivity contribution in [2.75, 3.05) is 20.8 Å². The van der Waals surface area contributed by atoms with Crippen LogP contribution in [-0.4, -0.2) is 26.8 Å². The van der Waals surface area contributed by atoms with Gasteiger partial charge in [-0.25, -0.2) is 4.79 Å². The standard InChI is InChI=1S/C15H18O4/c1-4-19-14(15(16)18-3)7-5-6-12-8-10-13(17-2)11-9-12/h5-11H,4H2,1-3H3/b6-5+,14-7+. The molecule has 4 heteroatoms. The van der Waals surface area contributed by atoms with Gasteiger partial charge in [0.2, 0.25) is 5.76 Å². The van der Waals surface area contributed by atoms with Gasteiger partial charge in [0.05, 0.1) is 20.8 Å². The number of rotatable bonds is 6. The maximum Gasteiger partial charge on any atom is 0.373 e. The van der Waals surface area contributed by atoms with Gasteiger partial charge in [-0.3, -0.25) is 0 Å². The lowest BCUT2D eigenvalue weighted by atomic mass is 10.2. The third-order valence-electron chi connectivity index (χ3n) is 2.34. The molecule has 1 aromatic rings. The van der Waals surface area contributed by atoms with Crippen molar-refractivity contribution in [2.24, 2.45) is 0 Å². The molecule has 0 amide bonds. The van der Waals surface area contributed by atoms with E-state index in [0.717, 1.165) is 11.3 Å². The lowest BCUT2D eigenvalue weighted by Crippen LogP contribution is -2.07. The summed E-state index contributed by atoms with van der Waals surface area (Å²) in [5, 5.41) is 0. The highest BCUT2D eigenvalue weighted by Crippen LogP contribution is 2.12. The van der Waals surface area contributed by atoms with Gasteiger partial charge in [-0.1, -0.05) is 24.3 Å². The zero-order chi connectivity index (χ0) is 14.1. The molecule has 0 fully saturated rings. The minimum Gasteiger partial charge on any atom is -0.497 e. The van der Waals surface area contributed by atoms with Crippen LogP contribution >= 0.6 is 0 Å². The van der Waals surface area contributed by atoms with E-state index in [2.05, 4.69) is 4.74 Å². The molecule has 0 saturated carbocycles. The van der Waals surface area contributed by atoms with Crippen molar-refractivity contribution in [3.8, 4) is 5.75 Å². The third-order valence-corrected chi connectivity index (χ3v) is 2.34. The van der Waals surface area contributed by atoms with E-state index in [9.17, 15) is 4.79 Å². The van der Waals surface area contributed by atoms with Gasteiger partial charge < -0.3 is 14.2 Å². The highest BCUT2D eigenvalue weighted by Gasteiger charge is 2.08. The monoisotopic (exact) mass is 262 g/mol. The van der Waals surface area contributed by atoms with Crippen molar-refractivity contribution in [3.05, 3.63) is 47.7 Å². The summed E-state index contributed by atoms with van der Waals surface area (Å²) < 4.78 is 14.9. The van der Waals surface area contributed by atoms with Crippen molar-refractivity contribution in [1.82, 2.24) is 0 Å². The van der Waals surface area contributed by atoms with Crippen LogP contribution in [0.2, 0.25) is 0 Å². The van der Waals surface area contributed by atoms with E-state index in [1.807, 2.05) is 37.3 Å². The molecular weight excluding hydrogens is 244 g/mol. The number of methoxy groups -OCH3 is 2. The molecular formula is C15H18O4. The third kappa shape index (κ3) is 4.87. The van der Waals surface area contributed by atoms with Gasteiger partial charge in [0, 0.05) is 0 Å². The van der Waals surface area contributed by atoms with Gasteiger partial charge in [0.1, 0.15) is 5.75 Å². The predicted molar refractivity (Wildman–Crippen MR) is 73.8 cm³/mol. The van der Waals surface area contributed by atoms with Crippen LogP contribution in [0.5, 0.6) is 5.75 Å². The van der Waals surface area contributed by atoms with E-state index >= 15 is 0 Å². The van der Waals surface area contributed by atoms with Crippen LogP contribution in [0.4, 0.5) is 0 Å². The summed E-state index contributed by atoms with van der Waals surface area (Å²) in [5.74, 6) is 0.508. The molecule has 0 aliphatic rings. The second-order valence-electron chi connectivity index (χ2n) is 3.59. The van der Waals surface area contributed by atoms with Crippen LogP contribution in [0.15, 0.2) is 42.2 Å². The van der Waals surface area contributed by atoms with Crippen molar-refractivity contribution in [3.63, 3.8) is 0 Å². The molecule has 0 bridgehead atoms. The first-order valence-electron chi connectivity index (χ1n) is 5.94. The van der Waals surface area contributed by atoms with E-state index < -0.39 is 5.97 Å². The Bertz CT molecular complexity index is 458. The molecule has 0 saturated heterocycles. The van der Waals surface area contributed by atoms with Crippen molar-refractivity contribution >= 4 is 12.0 Å². The minimum absolute atomic E-state index is 0.190. The molecule has 1 rings (SSSR count). The smallest absolute Gasteiger partial charge is 0.373 e. The summed E-state index contributed by atoms with van der Waals surface area (Å²) >= 11 is 0. The van der Waals surface area contributed by atoms with Crippen molar-refractivity contribution in [1.29, 1.82) is 0 Å². The highest BCUT2D eigenvalue weighted by atomic mass is 16.6. The fourth-order valence-electron chi connectivity index (χ4n) is 1.39. The quantitative estimate of drug-likeness (QED) is 0.342. The number of allylic oxidation sites excluding steroid dienone is 2. The molecule has 19 heavy (non-hydrogen) atoms. The zero-order valence-corrected chi connectivity index (χ0v) is 11.4. The summed E-state index contributed by atoms with van der Waals surface area (Å²) in [6, 6.07) is 7.57. The number of ether oxygens (including phenoxy) is 3. The lowest BCUT2D eigenvalue weighted by Gasteiger charge is -2.04. The number of hydrogen-bond acceptors (Lipinski definition) is 4. The Morgan fingerprint density at radius 1 is 1.21 bits per heavy atom. The summed E-state index contributed by atoms with van der Waals surface area (Å²) in [6.45, 7) is 2.22. The summed E-state index contributed by atoms with van der Waals surface area (Å²) in [6.07, 6.45) is 5.19. The number of esters is 1. The van der Waals surface area contributed by atoms with E-state index in [1.54, 1.807) is 19.3 Å². The summed E-state index contributed by atoms with van der Waals surface area (Å²) in [7, 11) is 2.95. The number of hydrogen-bond donors (Lipinski definition) is 0. The summed E-state index contributed by atoms with van der Waals surface area (Å²) in [5.41, 5.74) is 0.998. The van der Waals surface area contributed by atoms with Crippen LogP contribution in [0.1, 0.15) is 12.5 Å². The largest absolute Gasteiger partial charge is 0.497 e. The Morgan fingerprint density at radius 3 is 2.42 bits per heavy atom. The molecule has 0 radical (unpaired) electrons. The molecule has 0 aliphatic carbocycles. The SMILES string of the molecule is CCO/C(=C/C=C/c1ccc(OC)cc1)C(=O)OC. The van der Waals surface area contributed by atoms with E-state index in [4.69, 9.17) is 9.47 Å². The molecule has 0 aliphatic heterocycles. The predicted octanol–water partition coefficient (Wildman–Crippen LogP) is 2.80. The van der Waals surface area contributed by atoms with Gasteiger partial charge in [-0.2, -0.15) is 0 Å². The summed E-state index contributed by atoms with van der Waals surface area (Å²) in [4.78, 5) is 11.4. The Labute approximate surface area is 113 Å². The molecule has 4 nitrogen and oxygen atoms in total. The van der Waals surface area contributed by atoms with E-state index in [0.29, 0.717) is 6.61 Å². The lowest BCUT2D eigenvalue weighted by molar-refractivity contribution is -0.140. The molecule has 1 aromatic carbocycles. The van der Waals surface area contributed by atoms with E-state index in [1.165, 1.54) is 7.11 Å². The average Bonchev–Trinajstić information content (AvgIpc) is 2.46. The van der Waals surface area contributed by atoms with Crippen molar-refractivity contribution in [2.45, 2.75) is 6.92 Å². The second-order valence-corrected chi connectivity index (χ2v) is 3.59. The maximum atomic E-state index is 11.4. The van der Waals surface area contributed by atoms with Crippen LogP contribution in [0.25, 0.3) is 6.08 Å². The molecule has 102 valence electrons. The molecule has 0 atom stereocenters. The highest BCUT2D eigenvalue weighted by molar-refractivity contribution is 5.86. The topological polar surface area (TPSA) is 44.8 Å². The van der Waals surface area contributed by atoms with Gasteiger partial charge in [0.15, 0.2) is 0 Å². The van der Waals surface area contributed by atoms with Gasteiger partial charge in [-0.15, -0.1) is 0 Å². The average molecular weight is 262 g/mol. The number of benzene rings is 1. The first kappa shape index (κ1) is 14.8. The van der Waals surface area contributed by atoms with Crippen molar-refractivity contribution < 1.29 is 19.0 Å². The van der Waals surface area contributed by atoms with Crippen LogP contribution in [0.3, 0.4) is 0 Å². The fraction of sp³-hybridized carbons (Fsp3) is 0.267. The second kappa shape index (κ2) is 7.97. The Morgan fingerprint density at radius 2 is 1.89 bits per heavy atom. The number of carbonyl (C=O) groups is 1. The molecule has 0 unspecified atom stereocenters.